The van der Waals surface area contributed by atoms with Crippen molar-refractivity contribution in [3.63, 3.8) is 0 Å². The number of aromatic nitrogens is 3. The van der Waals surface area contributed by atoms with Crippen LogP contribution in [0.5, 0.6) is 5.75 Å². The van der Waals surface area contributed by atoms with Crippen LogP contribution in [0, 0.1) is 5.41 Å². The van der Waals surface area contributed by atoms with Crippen molar-refractivity contribution >= 4 is 11.0 Å². The molecule has 1 aromatic heterocycles. The molecular formula is C36H38F3N3O. The van der Waals surface area contributed by atoms with Crippen molar-refractivity contribution in [2.24, 2.45) is 5.41 Å². The normalized spacial score (nSPS) is 13.1. The fourth-order valence-corrected chi connectivity index (χ4v) is 6.15. The van der Waals surface area contributed by atoms with Gasteiger partial charge in [0, 0.05) is 11.0 Å². The maximum absolute atomic E-state index is 13.3. The Kier molecular flexibility index (Phi) is 7.44. The first kappa shape index (κ1) is 30.3. The Labute approximate surface area is 251 Å². The smallest absolute Gasteiger partial charge is 0.416 e. The molecule has 5 rings (SSSR count). The average Bonchev–Trinajstić information content (AvgIpc) is 3.35. The molecule has 0 saturated carbocycles. The molecule has 0 fully saturated rings. The fourth-order valence-electron chi connectivity index (χ4n) is 6.15. The molecule has 7 heteroatoms. The molecule has 1 heterocycles. The summed E-state index contributed by atoms with van der Waals surface area (Å²) in [6.07, 6.45) is -3.53. The molecule has 0 bridgehead atoms. The predicted octanol–water partition coefficient (Wildman–Crippen LogP) is 9.85. The molecule has 0 aliphatic carbocycles. The summed E-state index contributed by atoms with van der Waals surface area (Å²) >= 11 is 0. The van der Waals surface area contributed by atoms with E-state index in [-0.39, 0.29) is 16.6 Å². The summed E-state index contributed by atoms with van der Waals surface area (Å²) < 4.78 is 40.0. The minimum atomic E-state index is -4.43. The number of benzene rings is 4. The highest BCUT2D eigenvalue weighted by atomic mass is 19.4. The first-order valence-corrected chi connectivity index (χ1v) is 14.4. The van der Waals surface area contributed by atoms with E-state index in [0.29, 0.717) is 27.8 Å². The fraction of sp³-hybridized carbons (Fsp3) is 0.333. The number of nitrogens with zero attached hydrogens (tertiary/aromatic N) is 3. The SMILES string of the molecule is CC(C)(C)CC(C)(C)c1cc(-n2nc3ccc(-c4cccc(C(F)(F)F)c4)cc3n2)c(O)c(C(C)(C)c2ccccc2)c1. The van der Waals surface area contributed by atoms with Gasteiger partial charge in [-0.3, -0.25) is 0 Å². The van der Waals surface area contributed by atoms with Gasteiger partial charge in [0.05, 0.1) is 5.56 Å². The summed E-state index contributed by atoms with van der Waals surface area (Å²) in [5.41, 5.74) is 4.05. The van der Waals surface area contributed by atoms with E-state index in [1.54, 1.807) is 24.3 Å². The van der Waals surface area contributed by atoms with Gasteiger partial charge in [0.25, 0.3) is 0 Å². The van der Waals surface area contributed by atoms with E-state index in [9.17, 15) is 18.3 Å². The van der Waals surface area contributed by atoms with Crippen LogP contribution in [0.2, 0.25) is 0 Å². The maximum atomic E-state index is 13.3. The Morgan fingerprint density at radius 2 is 1.28 bits per heavy atom. The molecule has 1 N–H and O–H groups in total. The first-order chi connectivity index (χ1) is 20.0. The number of phenols is 1. The van der Waals surface area contributed by atoms with Crippen molar-refractivity contribution in [2.45, 2.75) is 71.9 Å². The molecule has 4 aromatic carbocycles. The minimum absolute atomic E-state index is 0.0646. The number of aromatic hydroxyl groups is 1. The zero-order valence-corrected chi connectivity index (χ0v) is 25.7. The quantitative estimate of drug-likeness (QED) is 0.216. The summed E-state index contributed by atoms with van der Waals surface area (Å²) in [4.78, 5) is 1.44. The number of hydrogen-bond donors (Lipinski definition) is 1. The first-order valence-electron chi connectivity index (χ1n) is 14.4. The minimum Gasteiger partial charge on any atom is -0.505 e. The predicted molar refractivity (Wildman–Crippen MR) is 167 cm³/mol. The lowest BCUT2D eigenvalue weighted by atomic mass is 9.70. The van der Waals surface area contributed by atoms with Crippen molar-refractivity contribution in [3.8, 4) is 22.6 Å². The van der Waals surface area contributed by atoms with Gasteiger partial charge in [-0.1, -0.05) is 103 Å². The van der Waals surface area contributed by atoms with Crippen LogP contribution in [0.25, 0.3) is 27.8 Å². The molecule has 43 heavy (non-hydrogen) atoms. The van der Waals surface area contributed by atoms with Crippen molar-refractivity contribution in [2.75, 3.05) is 0 Å². The summed E-state index contributed by atoms with van der Waals surface area (Å²) in [5.74, 6) is 0.0857. The standard InChI is InChI=1S/C36H38F3N3O/c1-33(2,3)22-34(4,5)27-20-28(35(6,7)25-13-9-8-10-14-25)32(43)31(21-27)42-40-29-17-16-24(19-30(29)41-42)23-12-11-15-26(18-23)36(37,38)39/h8-21,43H,22H2,1-7H3. The van der Waals surface area contributed by atoms with Crippen LogP contribution in [0.3, 0.4) is 0 Å². The molecule has 4 nitrogen and oxygen atoms in total. The van der Waals surface area contributed by atoms with Crippen LogP contribution in [0.4, 0.5) is 13.2 Å². The zero-order chi connectivity index (χ0) is 31.4. The van der Waals surface area contributed by atoms with Crippen LogP contribution >= 0.6 is 0 Å². The van der Waals surface area contributed by atoms with E-state index in [2.05, 4.69) is 66.7 Å². The second kappa shape index (κ2) is 10.5. The molecule has 0 aliphatic rings. The Morgan fingerprint density at radius 3 is 1.93 bits per heavy atom. The van der Waals surface area contributed by atoms with Gasteiger partial charge in [0.2, 0.25) is 0 Å². The number of phenolic OH excluding ortho intramolecular Hbond substituents is 1. The number of hydrogen-bond acceptors (Lipinski definition) is 3. The van der Waals surface area contributed by atoms with E-state index in [1.165, 1.54) is 10.9 Å². The topological polar surface area (TPSA) is 50.9 Å². The number of rotatable bonds is 6. The lowest BCUT2D eigenvalue weighted by Gasteiger charge is -2.35. The van der Waals surface area contributed by atoms with Gasteiger partial charge in [-0.2, -0.15) is 13.2 Å². The monoisotopic (exact) mass is 585 g/mol. The molecule has 0 saturated heterocycles. The van der Waals surface area contributed by atoms with Crippen LogP contribution in [0.1, 0.15) is 77.1 Å². The molecular weight excluding hydrogens is 547 g/mol. The molecule has 0 atom stereocenters. The third-order valence-corrected chi connectivity index (χ3v) is 8.13. The highest BCUT2D eigenvalue weighted by molar-refractivity contribution is 5.81. The third-order valence-electron chi connectivity index (χ3n) is 8.13. The molecule has 0 spiro atoms. The highest BCUT2D eigenvalue weighted by Gasteiger charge is 2.34. The van der Waals surface area contributed by atoms with E-state index < -0.39 is 17.2 Å². The Balaban J connectivity index is 1.67. The second-order valence-electron chi connectivity index (χ2n) is 13.8. The van der Waals surface area contributed by atoms with Gasteiger partial charge in [0.15, 0.2) is 0 Å². The van der Waals surface area contributed by atoms with Crippen molar-refractivity contribution in [1.82, 2.24) is 15.0 Å². The van der Waals surface area contributed by atoms with Crippen LogP contribution in [-0.4, -0.2) is 20.1 Å². The van der Waals surface area contributed by atoms with Crippen molar-refractivity contribution in [3.05, 3.63) is 107 Å². The number of halogens is 3. The molecule has 0 amide bonds. The highest BCUT2D eigenvalue weighted by Crippen LogP contribution is 2.45. The van der Waals surface area contributed by atoms with E-state index in [0.717, 1.165) is 35.2 Å². The largest absolute Gasteiger partial charge is 0.505 e. The van der Waals surface area contributed by atoms with Gasteiger partial charge in [-0.25, -0.2) is 0 Å². The molecule has 224 valence electrons. The summed E-state index contributed by atoms with van der Waals surface area (Å²) in [5, 5.41) is 21.2. The maximum Gasteiger partial charge on any atom is 0.416 e. The van der Waals surface area contributed by atoms with Gasteiger partial charge in [0.1, 0.15) is 22.5 Å². The van der Waals surface area contributed by atoms with Gasteiger partial charge in [-0.15, -0.1) is 15.0 Å². The molecule has 0 aliphatic heterocycles. The van der Waals surface area contributed by atoms with Crippen molar-refractivity contribution in [1.29, 1.82) is 0 Å². The number of fused-ring (bicyclic) bond motifs is 1. The third kappa shape index (κ3) is 6.17. The van der Waals surface area contributed by atoms with Crippen LogP contribution in [0.15, 0.2) is 84.9 Å². The lowest BCUT2D eigenvalue weighted by molar-refractivity contribution is -0.137. The zero-order valence-electron chi connectivity index (χ0n) is 25.7. The van der Waals surface area contributed by atoms with Gasteiger partial charge in [-0.05, 0) is 69.8 Å². The second-order valence-corrected chi connectivity index (χ2v) is 13.8. The van der Waals surface area contributed by atoms with Gasteiger partial charge >= 0.3 is 6.18 Å². The van der Waals surface area contributed by atoms with Crippen LogP contribution in [-0.2, 0) is 17.0 Å². The number of alkyl halides is 3. The summed E-state index contributed by atoms with van der Waals surface area (Å²) in [7, 11) is 0. The average molecular weight is 586 g/mol. The van der Waals surface area contributed by atoms with Crippen LogP contribution < -0.4 is 0 Å². The van der Waals surface area contributed by atoms with Gasteiger partial charge < -0.3 is 5.11 Å². The Bertz CT molecular complexity index is 1780. The molecule has 5 aromatic rings. The Hall–Kier alpha value is -4.13. The molecule has 0 unspecified atom stereocenters. The lowest BCUT2D eigenvalue weighted by Crippen LogP contribution is -2.27. The Morgan fingerprint density at radius 1 is 0.651 bits per heavy atom. The molecule has 0 radical (unpaired) electrons. The van der Waals surface area contributed by atoms with E-state index in [4.69, 9.17) is 10.2 Å². The van der Waals surface area contributed by atoms with E-state index in [1.807, 2.05) is 24.3 Å². The summed E-state index contributed by atoms with van der Waals surface area (Å²) in [6.45, 7) is 15.3. The summed E-state index contributed by atoms with van der Waals surface area (Å²) in [6, 6.07) is 24.6. The van der Waals surface area contributed by atoms with Crippen molar-refractivity contribution < 1.29 is 18.3 Å². The van der Waals surface area contributed by atoms with E-state index >= 15 is 0 Å².